The van der Waals surface area contributed by atoms with Crippen LogP contribution < -0.4 is 5.32 Å². The van der Waals surface area contributed by atoms with E-state index in [1.807, 2.05) is 0 Å². The molecule has 1 aromatic carbocycles. The second kappa shape index (κ2) is 4.51. The summed E-state index contributed by atoms with van der Waals surface area (Å²) in [5.41, 5.74) is 4.80. The lowest BCUT2D eigenvalue weighted by atomic mass is 10.1. The van der Waals surface area contributed by atoms with Gasteiger partial charge in [-0.25, -0.2) is 4.98 Å². The maximum atomic E-state index is 4.86. The number of benzene rings is 1. The van der Waals surface area contributed by atoms with Crippen molar-refractivity contribution in [3.05, 3.63) is 23.3 Å². The minimum Gasteiger partial charge on any atom is -0.351 e. The van der Waals surface area contributed by atoms with E-state index >= 15 is 0 Å². The summed E-state index contributed by atoms with van der Waals surface area (Å²) in [6, 6.07) is 4.43. The van der Waals surface area contributed by atoms with Gasteiger partial charge < -0.3 is 9.88 Å². The minimum absolute atomic E-state index is 0.00662. The van der Waals surface area contributed by atoms with Crippen LogP contribution in [0.4, 0.5) is 5.95 Å². The zero-order valence-electron chi connectivity index (χ0n) is 14.0. The Hall–Kier alpha value is -1.51. The Labute approximate surface area is 122 Å². The van der Waals surface area contributed by atoms with Gasteiger partial charge in [0, 0.05) is 11.1 Å². The lowest BCUT2D eigenvalue weighted by Gasteiger charge is -2.28. The number of aryl methyl sites for hydroxylation is 2. The monoisotopic (exact) mass is 273 g/mol. The smallest absolute Gasteiger partial charge is 0.204 e. The summed E-state index contributed by atoms with van der Waals surface area (Å²) in [5.74, 6) is 0.952. The summed E-state index contributed by atoms with van der Waals surface area (Å²) in [6.07, 6.45) is 0. The maximum Gasteiger partial charge on any atom is 0.204 e. The van der Waals surface area contributed by atoms with Crippen LogP contribution in [-0.4, -0.2) is 15.1 Å². The van der Waals surface area contributed by atoms with Gasteiger partial charge in [-0.3, -0.25) is 0 Å². The predicted molar refractivity (Wildman–Crippen MR) is 87.6 cm³/mol. The van der Waals surface area contributed by atoms with E-state index in [1.54, 1.807) is 0 Å². The number of rotatable bonds is 1. The molecule has 0 bridgehead atoms. The molecule has 0 radical (unpaired) electrons. The van der Waals surface area contributed by atoms with E-state index in [-0.39, 0.29) is 11.1 Å². The third-order valence-electron chi connectivity index (χ3n) is 3.25. The first-order valence-electron chi connectivity index (χ1n) is 7.27. The van der Waals surface area contributed by atoms with Gasteiger partial charge in [0.2, 0.25) is 5.95 Å². The number of imidazole rings is 1. The van der Waals surface area contributed by atoms with E-state index in [4.69, 9.17) is 4.98 Å². The molecule has 1 N–H and O–H groups in total. The Bertz CT molecular complexity index is 637. The summed E-state index contributed by atoms with van der Waals surface area (Å²) < 4.78 is 2.31. The SMILES string of the molecule is Cc1cc(C)c2nc(NC(C)(C)C)n(C(C)(C)C)c2c1. The van der Waals surface area contributed by atoms with E-state index in [2.05, 4.69) is 77.4 Å². The summed E-state index contributed by atoms with van der Waals surface area (Å²) in [4.78, 5) is 4.86. The normalized spacial score (nSPS) is 13.0. The predicted octanol–water partition coefficient (Wildman–Crippen LogP) is 4.62. The molecule has 0 saturated carbocycles. The van der Waals surface area contributed by atoms with E-state index in [1.165, 1.54) is 16.6 Å². The average molecular weight is 273 g/mol. The molecule has 2 aromatic rings. The highest BCUT2D eigenvalue weighted by atomic mass is 15.3. The molecule has 0 spiro atoms. The van der Waals surface area contributed by atoms with E-state index in [9.17, 15) is 0 Å². The maximum absolute atomic E-state index is 4.86. The molecule has 0 saturated heterocycles. The second-order valence-corrected chi connectivity index (χ2v) is 7.77. The molecular weight excluding hydrogens is 246 g/mol. The fourth-order valence-electron chi connectivity index (χ4n) is 2.62. The van der Waals surface area contributed by atoms with Crippen LogP contribution in [0, 0.1) is 13.8 Å². The Morgan fingerprint density at radius 1 is 1.00 bits per heavy atom. The molecule has 0 aliphatic rings. The highest BCUT2D eigenvalue weighted by Gasteiger charge is 2.24. The van der Waals surface area contributed by atoms with Gasteiger partial charge >= 0.3 is 0 Å². The summed E-state index contributed by atoms with van der Waals surface area (Å²) in [7, 11) is 0. The zero-order chi connectivity index (χ0) is 15.3. The zero-order valence-corrected chi connectivity index (χ0v) is 14.0. The highest BCUT2D eigenvalue weighted by Crippen LogP contribution is 2.31. The lowest BCUT2D eigenvalue weighted by Crippen LogP contribution is -2.31. The molecule has 1 heterocycles. The Morgan fingerprint density at radius 3 is 2.10 bits per heavy atom. The van der Waals surface area contributed by atoms with E-state index in [0.717, 1.165) is 11.5 Å². The van der Waals surface area contributed by atoms with Crippen molar-refractivity contribution in [1.29, 1.82) is 0 Å². The van der Waals surface area contributed by atoms with Gasteiger partial charge in [-0.1, -0.05) is 6.07 Å². The van der Waals surface area contributed by atoms with E-state index in [0.29, 0.717) is 0 Å². The van der Waals surface area contributed by atoms with Crippen LogP contribution in [0.25, 0.3) is 11.0 Å². The average Bonchev–Trinajstić information content (AvgIpc) is 2.52. The van der Waals surface area contributed by atoms with Crippen LogP contribution in [0.15, 0.2) is 12.1 Å². The molecule has 0 aliphatic carbocycles. The highest BCUT2D eigenvalue weighted by molar-refractivity contribution is 5.83. The van der Waals surface area contributed by atoms with Crippen molar-refractivity contribution in [1.82, 2.24) is 9.55 Å². The molecule has 0 aliphatic heterocycles. The van der Waals surface area contributed by atoms with E-state index < -0.39 is 0 Å². The molecule has 2 rings (SSSR count). The van der Waals surface area contributed by atoms with Crippen LogP contribution in [0.2, 0.25) is 0 Å². The molecule has 0 fully saturated rings. The standard InChI is InChI=1S/C17H27N3/c1-11-9-12(2)14-13(10-11)20(17(6,7)8)15(18-14)19-16(3,4)5/h9-10H,1-8H3,(H,18,19). The van der Waals surface area contributed by atoms with Crippen LogP contribution in [0.3, 0.4) is 0 Å². The van der Waals surface area contributed by atoms with Gasteiger partial charge in [-0.05, 0) is 72.6 Å². The fraction of sp³-hybridized carbons (Fsp3) is 0.588. The summed E-state index contributed by atoms with van der Waals surface area (Å²) in [6.45, 7) is 17.4. The van der Waals surface area contributed by atoms with Gasteiger partial charge in [0.05, 0.1) is 11.0 Å². The van der Waals surface area contributed by atoms with Crippen molar-refractivity contribution in [3.63, 3.8) is 0 Å². The lowest BCUT2D eigenvalue weighted by molar-refractivity contribution is 0.409. The molecule has 0 atom stereocenters. The molecule has 110 valence electrons. The van der Waals surface area contributed by atoms with Crippen LogP contribution in [0.5, 0.6) is 0 Å². The second-order valence-electron chi connectivity index (χ2n) is 7.77. The first-order chi connectivity index (χ1) is 8.99. The van der Waals surface area contributed by atoms with Crippen molar-refractivity contribution in [2.75, 3.05) is 5.32 Å². The van der Waals surface area contributed by atoms with Gasteiger partial charge in [0.15, 0.2) is 0 Å². The van der Waals surface area contributed by atoms with Crippen molar-refractivity contribution < 1.29 is 0 Å². The topological polar surface area (TPSA) is 29.9 Å². The number of nitrogens with zero attached hydrogens (tertiary/aromatic N) is 2. The molecule has 3 nitrogen and oxygen atoms in total. The van der Waals surface area contributed by atoms with Crippen LogP contribution in [-0.2, 0) is 5.54 Å². The van der Waals surface area contributed by atoms with Crippen LogP contribution in [0.1, 0.15) is 52.7 Å². The van der Waals surface area contributed by atoms with Crippen molar-refractivity contribution in [2.24, 2.45) is 0 Å². The van der Waals surface area contributed by atoms with Gasteiger partial charge in [0.1, 0.15) is 0 Å². The quantitative estimate of drug-likeness (QED) is 0.821. The molecule has 3 heteroatoms. The van der Waals surface area contributed by atoms with Gasteiger partial charge in [-0.2, -0.15) is 0 Å². The number of hydrogen-bond acceptors (Lipinski definition) is 2. The number of nitrogens with one attached hydrogen (secondary N) is 1. The van der Waals surface area contributed by atoms with Crippen molar-refractivity contribution >= 4 is 17.0 Å². The van der Waals surface area contributed by atoms with Crippen molar-refractivity contribution in [3.8, 4) is 0 Å². The summed E-state index contributed by atoms with van der Waals surface area (Å²) >= 11 is 0. The molecular formula is C17H27N3. The number of fused-ring (bicyclic) bond motifs is 1. The third kappa shape index (κ3) is 2.82. The van der Waals surface area contributed by atoms with Gasteiger partial charge in [0.25, 0.3) is 0 Å². The Balaban J connectivity index is 2.78. The van der Waals surface area contributed by atoms with Gasteiger partial charge in [-0.15, -0.1) is 0 Å². The summed E-state index contributed by atoms with van der Waals surface area (Å²) in [5, 5.41) is 3.54. The number of aromatic nitrogens is 2. The number of hydrogen-bond donors (Lipinski definition) is 1. The molecule has 0 amide bonds. The fourth-order valence-corrected chi connectivity index (χ4v) is 2.62. The first-order valence-corrected chi connectivity index (χ1v) is 7.27. The minimum atomic E-state index is -0.0113. The van der Waals surface area contributed by atoms with Crippen molar-refractivity contribution in [2.45, 2.75) is 66.5 Å². The largest absolute Gasteiger partial charge is 0.351 e. The Kier molecular flexibility index (Phi) is 3.35. The molecule has 1 aromatic heterocycles. The third-order valence-corrected chi connectivity index (χ3v) is 3.25. The molecule has 20 heavy (non-hydrogen) atoms. The van der Waals surface area contributed by atoms with Crippen LogP contribution >= 0.6 is 0 Å². The molecule has 0 unspecified atom stereocenters. The first kappa shape index (κ1) is 14.9. The Morgan fingerprint density at radius 2 is 1.60 bits per heavy atom. The number of anilines is 1.